The summed E-state index contributed by atoms with van der Waals surface area (Å²) in [5.41, 5.74) is 0.972. The summed E-state index contributed by atoms with van der Waals surface area (Å²) in [6.07, 6.45) is -0.667. The van der Waals surface area contributed by atoms with Gasteiger partial charge in [-0.2, -0.15) is 0 Å². The SMILES string of the molecule is CC(N)O.O=C(O)c1ccc(C(=O)O)c(C(=O)O)c1C(=O)O. The number of hydrogen-bond donors (Lipinski definition) is 6. The number of aliphatic hydroxyl groups excluding tert-OH is 1. The smallest absolute Gasteiger partial charge is 0.337 e. The van der Waals surface area contributed by atoms with Gasteiger partial charge in [-0.05, 0) is 19.1 Å². The van der Waals surface area contributed by atoms with E-state index in [9.17, 15) is 19.2 Å². The molecule has 10 heteroatoms. The van der Waals surface area contributed by atoms with Gasteiger partial charge in [-0.25, -0.2) is 19.2 Å². The number of carboxylic acid groups (broad SMARTS) is 4. The highest BCUT2D eigenvalue weighted by Crippen LogP contribution is 2.20. The molecule has 1 aromatic carbocycles. The summed E-state index contributed by atoms with van der Waals surface area (Å²) in [5.74, 6) is -6.97. The molecule has 0 spiro atoms. The lowest BCUT2D eigenvalue weighted by atomic mass is 9.95. The molecule has 0 saturated carbocycles. The zero-order chi connectivity index (χ0) is 17.6. The third-order valence-electron chi connectivity index (χ3n) is 2.09. The first-order valence-electron chi connectivity index (χ1n) is 5.54. The van der Waals surface area contributed by atoms with Gasteiger partial charge in [-0.1, -0.05) is 0 Å². The van der Waals surface area contributed by atoms with Crippen LogP contribution in [0.15, 0.2) is 12.1 Å². The predicted octanol–water partition coefficient (Wildman–Crippen LogP) is -0.237. The Morgan fingerprint density at radius 2 is 1.05 bits per heavy atom. The highest BCUT2D eigenvalue weighted by molar-refractivity contribution is 6.13. The lowest BCUT2D eigenvalue weighted by Crippen LogP contribution is -2.19. The highest BCUT2D eigenvalue weighted by atomic mass is 16.4. The van der Waals surface area contributed by atoms with Gasteiger partial charge in [-0.3, -0.25) is 0 Å². The molecular formula is C12H13NO9. The molecule has 0 aliphatic rings. The van der Waals surface area contributed by atoms with Crippen molar-refractivity contribution in [3.8, 4) is 0 Å². The van der Waals surface area contributed by atoms with Gasteiger partial charge >= 0.3 is 23.9 Å². The van der Waals surface area contributed by atoms with Gasteiger partial charge < -0.3 is 31.3 Å². The summed E-state index contributed by atoms with van der Waals surface area (Å²) in [6, 6.07) is 1.48. The second kappa shape index (κ2) is 7.71. The Kier molecular flexibility index (Phi) is 6.67. The number of nitrogens with two attached hydrogens (primary N) is 1. The van der Waals surface area contributed by atoms with Crippen molar-refractivity contribution in [1.82, 2.24) is 0 Å². The number of benzene rings is 1. The van der Waals surface area contributed by atoms with Crippen LogP contribution in [0.5, 0.6) is 0 Å². The van der Waals surface area contributed by atoms with Crippen LogP contribution in [0.3, 0.4) is 0 Å². The Labute approximate surface area is 123 Å². The Balaban J connectivity index is 0.000000980. The van der Waals surface area contributed by atoms with E-state index < -0.39 is 52.4 Å². The molecule has 10 nitrogen and oxygen atoms in total. The summed E-state index contributed by atoms with van der Waals surface area (Å²) >= 11 is 0. The number of rotatable bonds is 4. The molecule has 0 heterocycles. The van der Waals surface area contributed by atoms with Gasteiger partial charge in [0.25, 0.3) is 0 Å². The molecule has 22 heavy (non-hydrogen) atoms. The summed E-state index contributed by atoms with van der Waals surface area (Å²) in [4.78, 5) is 43.4. The Morgan fingerprint density at radius 3 is 1.18 bits per heavy atom. The van der Waals surface area contributed by atoms with E-state index in [0.717, 1.165) is 12.1 Å². The van der Waals surface area contributed by atoms with Gasteiger partial charge in [0, 0.05) is 0 Å². The monoisotopic (exact) mass is 315 g/mol. The van der Waals surface area contributed by atoms with E-state index in [1.54, 1.807) is 0 Å². The Hall–Kier alpha value is -2.98. The van der Waals surface area contributed by atoms with Crippen LogP contribution < -0.4 is 5.73 Å². The van der Waals surface area contributed by atoms with Crippen LogP contribution in [0.2, 0.25) is 0 Å². The zero-order valence-corrected chi connectivity index (χ0v) is 11.2. The van der Waals surface area contributed by atoms with Crippen LogP contribution in [0.4, 0.5) is 0 Å². The van der Waals surface area contributed by atoms with E-state index in [1.807, 2.05) is 0 Å². The third-order valence-corrected chi connectivity index (χ3v) is 2.09. The Bertz CT molecular complexity index is 568. The first-order chi connectivity index (χ1) is 10.0. The van der Waals surface area contributed by atoms with Crippen molar-refractivity contribution < 1.29 is 44.7 Å². The minimum Gasteiger partial charge on any atom is -0.478 e. The van der Waals surface area contributed by atoms with Crippen LogP contribution in [-0.4, -0.2) is 55.6 Å². The van der Waals surface area contributed by atoms with Gasteiger partial charge in [0.2, 0.25) is 0 Å². The summed E-state index contributed by atoms with van der Waals surface area (Å²) in [6.45, 7) is 1.50. The van der Waals surface area contributed by atoms with Gasteiger partial charge in [-0.15, -0.1) is 0 Å². The minimum atomic E-state index is -1.83. The minimum absolute atomic E-state index is 0.667. The molecular weight excluding hydrogens is 302 g/mol. The van der Waals surface area contributed by atoms with Gasteiger partial charge in [0.05, 0.1) is 28.5 Å². The van der Waals surface area contributed by atoms with Crippen LogP contribution >= 0.6 is 0 Å². The van der Waals surface area contributed by atoms with Crippen LogP contribution in [0.1, 0.15) is 48.4 Å². The van der Waals surface area contributed by atoms with Gasteiger partial charge in [0.15, 0.2) is 0 Å². The van der Waals surface area contributed by atoms with E-state index in [1.165, 1.54) is 6.92 Å². The van der Waals surface area contributed by atoms with E-state index in [4.69, 9.17) is 25.5 Å². The molecule has 0 saturated heterocycles. The number of carbonyl (C=O) groups is 4. The topological polar surface area (TPSA) is 195 Å². The normalized spacial score (nSPS) is 10.9. The largest absolute Gasteiger partial charge is 0.478 e. The summed E-state index contributed by atoms with van der Waals surface area (Å²) in [5, 5.41) is 43.0. The van der Waals surface area contributed by atoms with Crippen molar-refractivity contribution in [3.63, 3.8) is 0 Å². The summed E-state index contributed by atoms with van der Waals surface area (Å²) in [7, 11) is 0. The molecule has 1 atom stereocenters. The molecule has 1 rings (SSSR count). The third kappa shape index (κ3) is 4.85. The van der Waals surface area contributed by atoms with Gasteiger partial charge in [0.1, 0.15) is 0 Å². The summed E-state index contributed by atoms with van der Waals surface area (Å²) < 4.78 is 0. The average molecular weight is 315 g/mol. The van der Waals surface area contributed by atoms with Crippen molar-refractivity contribution in [1.29, 1.82) is 0 Å². The van der Waals surface area contributed by atoms with Crippen LogP contribution in [-0.2, 0) is 0 Å². The fourth-order valence-electron chi connectivity index (χ4n) is 1.40. The number of aromatic carboxylic acids is 4. The average Bonchev–Trinajstić information content (AvgIpc) is 2.35. The fraction of sp³-hybridized carbons (Fsp3) is 0.167. The van der Waals surface area contributed by atoms with E-state index in [-0.39, 0.29) is 0 Å². The van der Waals surface area contributed by atoms with Crippen molar-refractivity contribution in [3.05, 3.63) is 34.4 Å². The van der Waals surface area contributed by atoms with Crippen molar-refractivity contribution in [2.45, 2.75) is 13.2 Å². The maximum Gasteiger partial charge on any atom is 0.337 e. The molecule has 120 valence electrons. The van der Waals surface area contributed by atoms with Crippen molar-refractivity contribution >= 4 is 23.9 Å². The van der Waals surface area contributed by atoms with Crippen LogP contribution in [0, 0.1) is 0 Å². The number of carboxylic acids is 4. The maximum absolute atomic E-state index is 10.9. The second-order valence-electron chi connectivity index (χ2n) is 3.87. The van der Waals surface area contributed by atoms with E-state index in [0.29, 0.717) is 0 Å². The quantitative estimate of drug-likeness (QED) is 0.403. The molecule has 0 aliphatic carbocycles. The Morgan fingerprint density at radius 1 is 0.818 bits per heavy atom. The van der Waals surface area contributed by atoms with Crippen molar-refractivity contribution in [2.75, 3.05) is 0 Å². The predicted molar refractivity (Wildman–Crippen MR) is 70.1 cm³/mol. The number of hydrogen-bond acceptors (Lipinski definition) is 6. The lowest BCUT2D eigenvalue weighted by molar-refractivity contribution is 0.0619. The molecule has 1 unspecified atom stereocenters. The number of aliphatic hydroxyl groups is 1. The van der Waals surface area contributed by atoms with E-state index >= 15 is 0 Å². The molecule has 7 N–H and O–H groups in total. The highest BCUT2D eigenvalue weighted by Gasteiger charge is 2.29. The molecule has 0 aromatic heterocycles. The lowest BCUT2D eigenvalue weighted by Gasteiger charge is -2.08. The zero-order valence-electron chi connectivity index (χ0n) is 11.2. The fourth-order valence-corrected chi connectivity index (χ4v) is 1.40. The molecule has 0 aliphatic heterocycles. The maximum atomic E-state index is 10.9. The van der Waals surface area contributed by atoms with E-state index in [2.05, 4.69) is 5.73 Å². The first kappa shape index (κ1) is 19.0. The van der Waals surface area contributed by atoms with Crippen molar-refractivity contribution in [2.24, 2.45) is 5.73 Å². The molecule has 0 amide bonds. The molecule has 0 radical (unpaired) electrons. The standard InChI is InChI=1S/C10H6O8.C2H7NO/c11-7(12)3-1-2-4(8(13)14)6(10(17)18)5(3)9(15)16;1-2(3)4/h1-2H,(H,11,12)(H,13,14)(H,15,16)(H,17,18);2,4H,3H2,1H3. The van der Waals surface area contributed by atoms with Crippen LogP contribution in [0.25, 0.3) is 0 Å². The second-order valence-corrected chi connectivity index (χ2v) is 3.87. The molecule has 0 bridgehead atoms. The first-order valence-corrected chi connectivity index (χ1v) is 5.54. The molecule has 0 fully saturated rings. The molecule has 1 aromatic rings.